The zero-order chi connectivity index (χ0) is 9.84. The van der Waals surface area contributed by atoms with Crippen molar-refractivity contribution >= 4 is 28.7 Å². The van der Waals surface area contributed by atoms with Crippen LogP contribution >= 0.6 is 11.3 Å². The molecule has 0 aliphatic carbocycles. The molecule has 0 bridgehead atoms. The number of anilines is 1. The summed E-state index contributed by atoms with van der Waals surface area (Å²) < 4.78 is 4.49. The molecule has 1 heterocycles. The van der Waals surface area contributed by atoms with Crippen LogP contribution in [0.2, 0.25) is 0 Å². The summed E-state index contributed by atoms with van der Waals surface area (Å²) in [5, 5.41) is 1.40. The monoisotopic (exact) mass is 200 g/mol. The van der Waals surface area contributed by atoms with E-state index >= 15 is 0 Å². The van der Waals surface area contributed by atoms with Crippen LogP contribution in [0.15, 0.2) is 12.1 Å². The first-order chi connectivity index (χ1) is 6.19. The molecule has 0 saturated heterocycles. The minimum absolute atomic E-state index is 0.412. The fourth-order valence-electron chi connectivity index (χ4n) is 0.729. The molecule has 13 heavy (non-hydrogen) atoms. The summed E-state index contributed by atoms with van der Waals surface area (Å²) >= 11 is 1.09. The SMILES string of the molecule is COC(=O)c1ccc(N(N)C=O)s1. The summed E-state index contributed by atoms with van der Waals surface area (Å²) in [5.41, 5.74) is 0. The van der Waals surface area contributed by atoms with Gasteiger partial charge in [0.2, 0.25) is 6.41 Å². The lowest BCUT2D eigenvalue weighted by atomic mass is 10.5. The van der Waals surface area contributed by atoms with Crippen LogP contribution in [-0.2, 0) is 9.53 Å². The molecule has 70 valence electrons. The molecule has 0 unspecified atom stereocenters. The number of esters is 1. The van der Waals surface area contributed by atoms with Crippen molar-refractivity contribution in [3.63, 3.8) is 0 Å². The molecule has 0 radical (unpaired) electrons. The average Bonchev–Trinajstić information content (AvgIpc) is 2.64. The van der Waals surface area contributed by atoms with Gasteiger partial charge in [-0.25, -0.2) is 15.6 Å². The fourth-order valence-corrected chi connectivity index (χ4v) is 1.54. The van der Waals surface area contributed by atoms with Crippen molar-refractivity contribution in [2.75, 3.05) is 12.1 Å². The fraction of sp³-hybridized carbons (Fsp3) is 0.143. The predicted octanol–water partition coefficient (Wildman–Crippen LogP) is 0.371. The van der Waals surface area contributed by atoms with Crippen molar-refractivity contribution in [3.8, 4) is 0 Å². The highest BCUT2D eigenvalue weighted by Gasteiger charge is 2.10. The van der Waals surface area contributed by atoms with Crippen molar-refractivity contribution in [2.45, 2.75) is 0 Å². The molecular formula is C7H8N2O3S. The smallest absolute Gasteiger partial charge is 0.348 e. The first-order valence-corrected chi connectivity index (χ1v) is 4.18. The van der Waals surface area contributed by atoms with Crippen LogP contribution in [0.1, 0.15) is 9.67 Å². The third-order valence-electron chi connectivity index (χ3n) is 1.35. The van der Waals surface area contributed by atoms with Gasteiger partial charge in [0.15, 0.2) is 0 Å². The Morgan fingerprint density at radius 2 is 2.38 bits per heavy atom. The standard InChI is InChI=1S/C7H8N2O3S/c1-12-7(11)5-2-3-6(13-5)9(8)4-10/h2-4H,8H2,1H3. The Hall–Kier alpha value is -1.40. The molecule has 2 N–H and O–H groups in total. The number of carbonyl (C=O) groups is 2. The molecule has 0 spiro atoms. The molecule has 0 atom stereocenters. The zero-order valence-electron chi connectivity index (χ0n) is 6.89. The number of hydrogen-bond donors (Lipinski definition) is 1. The Morgan fingerprint density at radius 1 is 1.69 bits per heavy atom. The van der Waals surface area contributed by atoms with Gasteiger partial charge in [-0.1, -0.05) is 0 Å². The Kier molecular flexibility index (Phi) is 2.99. The lowest BCUT2D eigenvalue weighted by Gasteiger charge is -2.04. The number of nitrogens with two attached hydrogens (primary N) is 1. The number of amides is 1. The molecule has 0 fully saturated rings. The number of ether oxygens (including phenoxy) is 1. The molecule has 6 heteroatoms. The second kappa shape index (κ2) is 4.01. The normalized spacial score (nSPS) is 9.38. The van der Waals surface area contributed by atoms with Gasteiger partial charge in [-0.05, 0) is 12.1 Å². The van der Waals surface area contributed by atoms with Gasteiger partial charge in [-0.3, -0.25) is 4.79 Å². The van der Waals surface area contributed by atoms with Crippen molar-refractivity contribution in [1.29, 1.82) is 0 Å². The van der Waals surface area contributed by atoms with Crippen LogP contribution in [0.25, 0.3) is 0 Å². The van der Waals surface area contributed by atoms with Crippen molar-refractivity contribution in [3.05, 3.63) is 17.0 Å². The van der Waals surface area contributed by atoms with Crippen molar-refractivity contribution < 1.29 is 14.3 Å². The van der Waals surface area contributed by atoms with Gasteiger partial charge in [-0.15, -0.1) is 11.3 Å². The maximum atomic E-state index is 11.0. The van der Waals surface area contributed by atoms with E-state index in [1.54, 1.807) is 12.1 Å². The maximum absolute atomic E-state index is 11.0. The number of nitrogens with zero attached hydrogens (tertiary/aromatic N) is 1. The van der Waals surface area contributed by atoms with Crippen LogP contribution in [0.4, 0.5) is 5.00 Å². The summed E-state index contributed by atoms with van der Waals surface area (Å²) in [5.74, 6) is 4.84. The van der Waals surface area contributed by atoms with E-state index in [2.05, 4.69) is 4.74 Å². The Bertz CT molecular complexity index is 323. The molecule has 1 rings (SSSR count). The number of rotatable bonds is 3. The molecule has 1 aromatic rings. The first kappa shape index (κ1) is 9.69. The number of thiophene rings is 1. The van der Waals surface area contributed by atoms with Gasteiger partial charge in [0.25, 0.3) is 0 Å². The molecular weight excluding hydrogens is 192 g/mol. The van der Waals surface area contributed by atoms with Crippen molar-refractivity contribution in [1.82, 2.24) is 0 Å². The summed E-state index contributed by atoms with van der Waals surface area (Å²) in [6, 6.07) is 3.13. The zero-order valence-corrected chi connectivity index (χ0v) is 7.71. The highest BCUT2D eigenvalue weighted by atomic mass is 32.1. The summed E-state index contributed by atoms with van der Waals surface area (Å²) in [7, 11) is 1.29. The second-order valence-electron chi connectivity index (χ2n) is 2.14. The van der Waals surface area contributed by atoms with E-state index in [9.17, 15) is 9.59 Å². The van der Waals surface area contributed by atoms with E-state index in [-0.39, 0.29) is 0 Å². The Morgan fingerprint density at radius 3 is 2.92 bits per heavy atom. The van der Waals surface area contributed by atoms with Gasteiger partial charge in [0.1, 0.15) is 9.88 Å². The molecule has 0 aliphatic rings. The van der Waals surface area contributed by atoms with Crippen LogP contribution in [0.3, 0.4) is 0 Å². The molecule has 5 nitrogen and oxygen atoms in total. The minimum Gasteiger partial charge on any atom is -0.465 e. The lowest BCUT2D eigenvalue weighted by molar-refractivity contribution is -0.107. The highest BCUT2D eigenvalue weighted by Crippen LogP contribution is 2.23. The van der Waals surface area contributed by atoms with Crippen molar-refractivity contribution in [2.24, 2.45) is 5.84 Å². The van der Waals surface area contributed by atoms with Crippen LogP contribution < -0.4 is 10.9 Å². The third-order valence-corrected chi connectivity index (χ3v) is 2.43. The topological polar surface area (TPSA) is 72.6 Å². The Labute approximate surface area is 78.7 Å². The summed E-state index contributed by atoms with van der Waals surface area (Å²) in [6.07, 6.45) is 0.465. The summed E-state index contributed by atoms with van der Waals surface area (Å²) in [6.45, 7) is 0. The molecule has 0 aliphatic heterocycles. The van der Waals surface area contributed by atoms with Crippen LogP contribution in [0, 0.1) is 0 Å². The number of methoxy groups -OCH3 is 1. The summed E-state index contributed by atoms with van der Waals surface area (Å²) in [4.78, 5) is 21.6. The van der Waals surface area contributed by atoms with E-state index in [0.29, 0.717) is 16.3 Å². The van der Waals surface area contributed by atoms with E-state index in [1.807, 2.05) is 0 Å². The largest absolute Gasteiger partial charge is 0.465 e. The van der Waals surface area contributed by atoms with E-state index in [4.69, 9.17) is 5.84 Å². The van der Waals surface area contributed by atoms with E-state index in [1.165, 1.54) is 7.11 Å². The maximum Gasteiger partial charge on any atom is 0.348 e. The van der Waals surface area contributed by atoms with Gasteiger partial charge >= 0.3 is 5.97 Å². The van der Waals surface area contributed by atoms with Gasteiger partial charge in [-0.2, -0.15) is 0 Å². The van der Waals surface area contributed by atoms with Gasteiger partial charge < -0.3 is 4.74 Å². The number of carbonyl (C=O) groups excluding carboxylic acids is 2. The second-order valence-corrected chi connectivity index (χ2v) is 3.20. The molecule has 1 aromatic heterocycles. The Balaban J connectivity index is 2.86. The minimum atomic E-state index is -0.435. The molecule has 0 aromatic carbocycles. The van der Waals surface area contributed by atoms with E-state index < -0.39 is 5.97 Å². The van der Waals surface area contributed by atoms with Gasteiger partial charge in [0, 0.05) is 0 Å². The van der Waals surface area contributed by atoms with Gasteiger partial charge in [0.05, 0.1) is 7.11 Å². The lowest BCUT2D eigenvalue weighted by Crippen LogP contribution is -2.27. The average molecular weight is 200 g/mol. The first-order valence-electron chi connectivity index (χ1n) is 3.36. The highest BCUT2D eigenvalue weighted by molar-refractivity contribution is 7.18. The van der Waals surface area contributed by atoms with Crippen LogP contribution in [0.5, 0.6) is 0 Å². The molecule has 0 saturated carbocycles. The third kappa shape index (κ3) is 2.04. The predicted molar refractivity (Wildman–Crippen MR) is 48.4 cm³/mol. The number of hydrogen-bond acceptors (Lipinski definition) is 5. The quantitative estimate of drug-likeness (QED) is 0.251. The number of hydrazine groups is 1. The van der Waals surface area contributed by atoms with E-state index in [0.717, 1.165) is 16.3 Å². The van der Waals surface area contributed by atoms with Crippen LogP contribution in [-0.4, -0.2) is 19.5 Å². The molecule has 1 amide bonds.